The van der Waals surface area contributed by atoms with Crippen LogP contribution in [-0.2, 0) is 6.42 Å². The molecule has 0 spiro atoms. The molecule has 3 aromatic heterocycles. The van der Waals surface area contributed by atoms with Gasteiger partial charge in [-0.1, -0.05) is 48.5 Å². The molecule has 0 atom stereocenters. The highest BCUT2D eigenvalue weighted by atomic mass is 16.1. The lowest BCUT2D eigenvalue weighted by Gasteiger charge is -2.07. The fourth-order valence-electron chi connectivity index (χ4n) is 4.14. The zero-order valence-corrected chi connectivity index (χ0v) is 19.3. The number of para-hydroxylation sites is 3. The van der Waals surface area contributed by atoms with Crippen molar-refractivity contribution in [2.75, 3.05) is 11.9 Å². The number of nitrogens with zero attached hydrogens (tertiary/aromatic N) is 4. The van der Waals surface area contributed by atoms with Crippen LogP contribution in [0, 0.1) is 0 Å². The number of amides is 1. The van der Waals surface area contributed by atoms with Crippen molar-refractivity contribution in [3.8, 4) is 11.3 Å². The molecular weight excluding hydrogens is 450 g/mol. The lowest BCUT2D eigenvalue weighted by atomic mass is 10.1. The van der Waals surface area contributed by atoms with Crippen LogP contribution in [-0.4, -0.2) is 37.0 Å². The van der Waals surface area contributed by atoms with Gasteiger partial charge >= 0.3 is 0 Å². The van der Waals surface area contributed by atoms with Gasteiger partial charge < -0.3 is 15.6 Å². The van der Waals surface area contributed by atoms with Crippen molar-refractivity contribution in [2.24, 2.45) is 0 Å². The number of imidazole rings is 1. The number of aromatic amines is 1. The van der Waals surface area contributed by atoms with Crippen LogP contribution >= 0.6 is 0 Å². The van der Waals surface area contributed by atoms with Gasteiger partial charge in [0, 0.05) is 29.8 Å². The average Bonchev–Trinajstić information content (AvgIpc) is 3.52. The minimum Gasteiger partial charge on any atom is -0.352 e. The summed E-state index contributed by atoms with van der Waals surface area (Å²) < 4.78 is 1.80. The zero-order chi connectivity index (χ0) is 24.3. The molecule has 0 aliphatic carbocycles. The molecule has 3 N–H and O–H groups in total. The highest BCUT2D eigenvalue weighted by Crippen LogP contribution is 2.22. The summed E-state index contributed by atoms with van der Waals surface area (Å²) in [7, 11) is 0. The summed E-state index contributed by atoms with van der Waals surface area (Å²) >= 11 is 0. The van der Waals surface area contributed by atoms with E-state index in [4.69, 9.17) is 0 Å². The summed E-state index contributed by atoms with van der Waals surface area (Å²) in [6, 6.07) is 31.0. The summed E-state index contributed by atoms with van der Waals surface area (Å²) in [6.07, 6.45) is 0.631. The normalized spacial score (nSPS) is 11.1. The molecule has 36 heavy (non-hydrogen) atoms. The lowest BCUT2D eigenvalue weighted by Crippen LogP contribution is -2.25. The first-order valence-corrected chi connectivity index (χ1v) is 11.7. The number of carbonyl (C=O) groups excluding carboxylic acids is 1. The van der Waals surface area contributed by atoms with Crippen molar-refractivity contribution < 1.29 is 4.79 Å². The van der Waals surface area contributed by atoms with Crippen LogP contribution in [0.4, 0.5) is 11.6 Å². The largest absolute Gasteiger partial charge is 0.352 e. The monoisotopic (exact) mass is 473 g/mol. The van der Waals surface area contributed by atoms with E-state index in [0.29, 0.717) is 24.5 Å². The molecule has 8 heteroatoms. The Morgan fingerprint density at radius 1 is 0.833 bits per heavy atom. The minimum atomic E-state index is -0.119. The number of benzene rings is 3. The third kappa shape index (κ3) is 4.39. The maximum Gasteiger partial charge on any atom is 0.251 e. The highest BCUT2D eigenvalue weighted by Gasteiger charge is 2.11. The summed E-state index contributed by atoms with van der Waals surface area (Å²) in [5.41, 5.74) is 6.01. The molecule has 0 aliphatic heterocycles. The minimum absolute atomic E-state index is 0.119. The molecule has 176 valence electrons. The van der Waals surface area contributed by atoms with Gasteiger partial charge in [0.05, 0.1) is 16.7 Å². The van der Waals surface area contributed by atoms with Gasteiger partial charge in [0.1, 0.15) is 5.82 Å². The third-order valence-electron chi connectivity index (χ3n) is 5.92. The van der Waals surface area contributed by atoms with Crippen molar-refractivity contribution in [1.29, 1.82) is 0 Å². The maximum atomic E-state index is 12.7. The second kappa shape index (κ2) is 9.34. The van der Waals surface area contributed by atoms with E-state index >= 15 is 0 Å². The molecule has 1 amide bonds. The van der Waals surface area contributed by atoms with E-state index in [2.05, 4.69) is 30.7 Å². The van der Waals surface area contributed by atoms with Crippen LogP contribution in [0.15, 0.2) is 97.1 Å². The van der Waals surface area contributed by atoms with Crippen LogP contribution in [0.5, 0.6) is 0 Å². The molecule has 6 aromatic rings. The van der Waals surface area contributed by atoms with Crippen LogP contribution < -0.4 is 10.6 Å². The smallest absolute Gasteiger partial charge is 0.251 e. The van der Waals surface area contributed by atoms with Crippen molar-refractivity contribution >= 4 is 34.2 Å². The molecule has 3 heterocycles. The predicted molar refractivity (Wildman–Crippen MR) is 140 cm³/mol. The van der Waals surface area contributed by atoms with Crippen molar-refractivity contribution in [3.05, 3.63) is 108 Å². The van der Waals surface area contributed by atoms with Crippen molar-refractivity contribution in [1.82, 2.24) is 29.9 Å². The summed E-state index contributed by atoms with van der Waals surface area (Å²) in [6.45, 7) is 0.496. The maximum absolute atomic E-state index is 12.7. The number of hydrogen-bond acceptors (Lipinski definition) is 5. The molecule has 3 aromatic carbocycles. The van der Waals surface area contributed by atoms with Gasteiger partial charge in [-0.05, 0) is 48.5 Å². The Balaban J connectivity index is 1.14. The first-order chi connectivity index (χ1) is 17.7. The van der Waals surface area contributed by atoms with E-state index in [-0.39, 0.29) is 5.91 Å². The SMILES string of the molecule is O=C(NCCc1nc2ccccc2[nH]1)c1ccc(-c2cccc3nc(Nc4ccccc4)nn23)cc1. The number of hydrogen-bond donors (Lipinski definition) is 3. The second-order valence-electron chi connectivity index (χ2n) is 8.39. The Morgan fingerprint density at radius 2 is 1.64 bits per heavy atom. The molecule has 0 unspecified atom stereocenters. The quantitative estimate of drug-likeness (QED) is 0.303. The Morgan fingerprint density at radius 3 is 2.47 bits per heavy atom. The van der Waals surface area contributed by atoms with E-state index in [1.54, 1.807) is 4.52 Å². The number of carbonyl (C=O) groups is 1. The predicted octanol–water partition coefficient (Wildman–Crippen LogP) is 4.99. The first kappa shape index (κ1) is 21.5. The number of aromatic nitrogens is 5. The number of anilines is 2. The van der Waals surface area contributed by atoms with Crippen LogP contribution in [0.25, 0.3) is 27.9 Å². The number of H-pyrrole nitrogens is 1. The number of pyridine rings is 1. The molecule has 0 fully saturated rings. The number of nitrogens with one attached hydrogen (secondary N) is 3. The number of rotatable bonds is 7. The molecule has 8 nitrogen and oxygen atoms in total. The zero-order valence-electron chi connectivity index (χ0n) is 19.3. The van der Waals surface area contributed by atoms with Gasteiger partial charge in [-0.15, -0.1) is 5.10 Å². The van der Waals surface area contributed by atoms with E-state index in [1.807, 2.05) is 97.1 Å². The molecule has 0 radical (unpaired) electrons. The Labute approximate surface area is 207 Å². The Hall–Kier alpha value is -4.98. The topological polar surface area (TPSA) is 100 Å². The highest BCUT2D eigenvalue weighted by molar-refractivity contribution is 5.94. The molecule has 0 saturated heterocycles. The van der Waals surface area contributed by atoms with Crippen molar-refractivity contribution in [3.63, 3.8) is 0 Å². The summed E-state index contributed by atoms with van der Waals surface area (Å²) in [4.78, 5) is 25.1. The molecule has 0 saturated carbocycles. The molecule has 0 aliphatic rings. The van der Waals surface area contributed by atoms with Crippen LogP contribution in [0.3, 0.4) is 0 Å². The van der Waals surface area contributed by atoms with Gasteiger partial charge in [-0.2, -0.15) is 4.98 Å². The first-order valence-electron chi connectivity index (χ1n) is 11.7. The van der Waals surface area contributed by atoms with E-state index in [0.717, 1.165) is 39.4 Å². The standard InChI is InChI=1S/C28H23N7O/c36-27(29-18-17-25-31-22-9-4-5-10-23(22)32-25)20-15-13-19(14-16-20)24-11-6-12-26-33-28(34-35(24)26)30-21-7-2-1-3-8-21/h1-16H,17-18H2,(H,29,36)(H,30,34)(H,31,32). The Kier molecular flexibility index (Phi) is 5.59. The fourth-order valence-corrected chi connectivity index (χ4v) is 4.14. The van der Waals surface area contributed by atoms with E-state index in [9.17, 15) is 4.79 Å². The Bertz CT molecular complexity index is 1620. The molecule has 6 rings (SSSR count). The van der Waals surface area contributed by atoms with Crippen LogP contribution in [0.1, 0.15) is 16.2 Å². The summed E-state index contributed by atoms with van der Waals surface area (Å²) in [5.74, 6) is 1.26. The second-order valence-corrected chi connectivity index (χ2v) is 8.39. The van der Waals surface area contributed by atoms with E-state index in [1.165, 1.54) is 0 Å². The summed E-state index contributed by atoms with van der Waals surface area (Å²) in [5, 5.41) is 10.8. The van der Waals surface area contributed by atoms with Gasteiger partial charge in [0.2, 0.25) is 5.95 Å². The molecular formula is C28H23N7O. The van der Waals surface area contributed by atoms with E-state index < -0.39 is 0 Å². The van der Waals surface area contributed by atoms with Gasteiger partial charge in [0.25, 0.3) is 5.91 Å². The van der Waals surface area contributed by atoms with Crippen molar-refractivity contribution in [2.45, 2.75) is 6.42 Å². The lowest BCUT2D eigenvalue weighted by molar-refractivity contribution is 0.0954. The third-order valence-corrected chi connectivity index (χ3v) is 5.92. The number of fused-ring (bicyclic) bond motifs is 2. The molecule has 0 bridgehead atoms. The average molecular weight is 474 g/mol. The fraction of sp³-hybridized carbons (Fsp3) is 0.0714. The van der Waals surface area contributed by atoms with Gasteiger partial charge in [0.15, 0.2) is 5.65 Å². The van der Waals surface area contributed by atoms with Gasteiger partial charge in [-0.3, -0.25) is 4.79 Å². The van der Waals surface area contributed by atoms with Gasteiger partial charge in [-0.25, -0.2) is 9.50 Å². The van der Waals surface area contributed by atoms with Crippen LogP contribution in [0.2, 0.25) is 0 Å².